The zero-order chi connectivity index (χ0) is 15.2. The average Bonchev–Trinajstić information content (AvgIpc) is 2.47. The second-order valence-corrected chi connectivity index (χ2v) is 5.92. The van der Waals surface area contributed by atoms with Gasteiger partial charge in [0.25, 0.3) is 0 Å². The van der Waals surface area contributed by atoms with Gasteiger partial charge in [-0.1, -0.05) is 25.1 Å². The lowest BCUT2D eigenvalue weighted by atomic mass is 10.1. The molecule has 1 unspecified atom stereocenters. The van der Waals surface area contributed by atoms with Crippen LogP contribution in [-0.2, 0) is 0 Å². The Morgan fingerprint density at radius 2 is 1.57 bits per heavy atom. The number of β-amino-alcohol motifs (C(OH)–C–C–N with tert-alkyl or cyclic N) is 1. The van der Waals surface area contributed by atoms with Crippen LogP contribution in [-0.4, -0.2) is 66.9 Å². The van der Waals surface area contributed by atoms with Crippen LogP contribution in [0.3, 0.4) is 0 Å². The molecular weight excluding hydrogens is 335 g/mol. The first-order valence-corrected chi connectivity index (χ1v) is 7.92. The van der Waals surface area contributed by atoms with Gasteiger partial charge in [-0.15, -0.1) is 0 Å². The first-order valence-electron chi connectivity index (χ1n) is 7.92. The summed E-state index contributed by atoms with van der Waals surface area (Å²) in [7, 11) is 0. The Kier molecular flexibility index (Phi) is 10.9. The number of benzene rings is 1. The SMILES string of the molecule is CCN1CCN(CC(O)COc2c(C)cccc2C)CC1.[Cl-].[Cl-]. The third kappa shape index (κ3) is 6.86. The quantitative estimate of drug-likeness (QED) is 0.555. The summed E-state index contributed by atoms with van der Waals surface area (Å²) in [5, 5.41) is 10.2. The third-order valence-corrected chi connectivity index (χ3v) is 4.21. The van der Waals surface area contributed by atoms with Crippen molar-refractivity contribution >= 4 is 0 Å². The Labute approximate surface area is 152 Å². The van der Waals surface area contributed by atoms with Crippen molar-refractivity contribution in [1.82, 2.24) is 9.80 Å². The van der Waals surface area contributed by atoms with E-state index in [0.717, 1.165) is 49.6 Å². The van der Waals surface area contributed by atoms with E-state index in [9.17, 15) is 5.11 Å². The molecule has 23 heavy (non-hydrogen) atoms. The van der Waals surface area contributed by atoms with Crippen molar-refractivity contribution in [2.75, 3.05) is 45.9 Å². The summed E-state index contributed by atoms with van der Waals surface area (Å²) in [5.74, 6) is 0.910. The van der Waals surface area contributed by atoms with Gasteiger partial charge in [-0.25, -0.2) is 0 Å². The van der Waals surface area contributed by atoms with Gasteiger partial charge in [0.05, 0.1) is 0 Å². The molecule has 2 rings (SSSR count). The van der Waals surface area contributed by atoms with Gasteiger partial charge >= 0.3 is 0 Å². The predicted molar refractivity (Wildman–Crippen MR) is 86.0 cm³/mol. The van der Waals surface area contributed by atoms with Crippen molar-refractivity contribution in [3.8, 4) is 5.75 Å². The van der Waals surface area contributed by atoms with Crippen LogP contribution in [0.2, 0.25) is 0 Å². The minimum absolute atomic E-state index is 0. The summed E-state index contributed by atoms with van der Waals surface area (Å²) in [6.45, 7) is 12.7. The van der Waals surface area contributed by atoms with E-state index in [-0.39, 0.29) is 24.8 Å². The van der Waals surface area contributed by atoms with Crippen LogP contribution in [0.5, 0.6) is 5.75 Å². The number of aryl methyl sites for hydroxylation is 2. The van der Waals surface area contributed by atoms with Crippen LogP contribution in [0.4, 0.5) is 0 Å². The summed E-state index contributed by atoms with van der Waals surface area (Å²) in [6.07, 6.45) is -0.433. The molecule has 4 nitrogen and oxygen atoms in total. The van der Waals surface area contributed by atoms with Gasteiger partial charge in [0, 0.05) is 32.7 Å². The van der Waals surface area contributed by atoms with Crippen molar-refractivity contribution in [3.63, 3.8) is 0 Å². The molecule has 1 aliphatic rings. The molecule has 0 aromatic heterocycles. The lowest BCUT2D eigenvalue weighted by Gasteiger charge is -2.34. The van der Waals surface area contributed by atoms with Gasteiger partial charge in [0.1, 0.15) is 18.5 Å². The van der Waals surface area contributed by atoms with Crippen molar-refractivity contribution in [2.24, 2.45) is 0 Å². The Bertz CT molecular complexity index is 432. The number of aliphatic hydroxyl groups excluding tert-OH is 1. The lowest BCUT2D eigenvalue weighted by Crippen LogP contribution is -3.00. The smallest absolute Gasteiger partial charge is 0.125 e. The number of piperazine rings is 1. The fraction of sp³-hybridized carbons (Fsp3) is 0.647. The molecule has 1 N–H and O–H groups in total. The first-order chi connectivity index (χ1) is 10.1. The highest BCUT2D eigenvalue weighted by Crippen LogP contribution is 2.22. The zero-order valence-corrected chi connectivity index (χ0v) is 15.8. The third-order valence-electron chi connectivity index (χ3n) is 4.21. The van der Waals surface area contributed by atoms with Crippen LogP contribution >= 0.6 is 0 Å². The Hall–Kier alpha value is -0.520. The molecule has 0 bridgehead atoms. The van der Waals surface area contributed by atoms with Crippen LogP contribution in [0.1, 0.15) is 18.1 Å². The molecule has 1 atom stereocenters. The van der Waals surface area contributed by atoms with Crippen molar-refractivity contribution < 1.29 is 34.7 Å². The van der Waals surface area contributed by atoms with Crippen molar-refractivity contribution in [3.05, 3.63) is 29.3 Å². The van der Waals surface area contributed by atoms with Gasteiger partial charge in [-0.2, -0.15) is 0 Å². The number of hydrogen-bond donors (Lipinski definition) is 1. The predicted octanol–water partition coefficient (Wildman–Crippen LogP) is -4.31. The monoisotopic (exact) mass is 362 g/mol. The summed E-state index contributed by atoms with van der Waals surface area (Å²) in [6, 6.07) is 6.11. The molecule has 1 heterocycles. The molecule has 0 spiro atoms. The van der Waals surface area contributed by atoms with Crippen LogP contribution in [0, 0.1) is 13.8 Å². The lowest BCUT2D eigenvalue weighted by molar-refractivity contribution is -0.001000. The van der Waals surface area contributed by atoms with Gasteiger partial charge in [0.2, 0.25) is 0 Å². The number of nitrogens with zero attached hydrogens (tertiary/aromatic N) is 2. The summed E-state index contributed by atoms with van der Waals surface area (Å²) < 4.78 is 5.83. The van der Waals surface area contributed by atoms with E-state index in [1.807, 2.05) is 32.0 Å². The Morgan fingerprint density at radius 3 is 2.09 bits per heavy atom. The number of para-hydroxylation sites is 1. The summed E-state index contributed by atoms with van der Waals surface area (Å²) in [5.41, 5.74) is 2.25. The first kappa shape index (κ1) is 22.5. The number of rotatable bonds is 6. The topological polar surface area (TPSA) is 35.9 Å². The fourth-order valence-electron chi connectivity index (χ4n) is 2.85. The second kappa shape index (κ2) is 11.1. The summed E-state index contributed by atoms with van der Waals surface area (Å²) >= 11 is 0. The number of aliphatic hydroxyl groups is 1. The van der Waals surface area contributed by atoms with Crippen molar-refractivity contribution in [2.45, 2.75) is 26.9 Å². The van der Waals surface area contributed by atoms with Crippen LogP contribution in [0.25, 0.3) is 0 Å². The summed E-state index contributed by atoms with van der Waals surface area (Å²) in [4.78, 5) is 4.76. The number of halogens is 2. The zero-order valence-electron chi connectivity index (χ0n) is 14.3. The molecule has 0 radical (unpaired) electrons. The molecule has 1 aromatic rings. The maximum atomic E-state index is 10.2. The van der Waals surface area contributed by atoms with Gasteiger partial charge in [-0.05, 0) is 31.5 Å². The van der Waals surface area contributed by atoms with Crippen LogP contribution < -0.4 is 29.6 Å². The van der Waals surface area contributed by atoms with E-state index in [1.54, 1.807) is 0 Å². The van der Waals surface area contributed by atoms with Crippen LogP contribution in [0.15, 0.2) is 18.2 Å². The minimum atomic E-state index is -0.433. The van der Waals surface area contributed by atoms with E-state index >= 15 is 0 Å². The Morgan fingerprint density at radius 1 is 1.04 bits per heavy atom. The fourth-order valence-corrected chi connectivity index (χ4v) is 2.85. The highest BCUT2D eigenvalue weighted by Gasteiger charge is 2.18. The molecular formula is C17H28Cl2N2O2-2. The molecule has 134 valence electrons. The molecule has 0 saturated carbocycles. The highest BCUT2D eigenvalue weighted by atomic mass is 35.5. The average molecular weight is 363 g/mol. The van der Waals surface area contributed by atoms with E-state index in [2.05, 4.69) is 16.7 Å². The molecule has 1 aliphatic heterocycles. The molecule has 0 amide bonds. The molecule has 6 heteroatoms. The molecule has 0 aliphatic carbocycles. The van der Waals surface area contributed by atoms with Crippen molar-refractivity contribution in [1.29, 1.82) is 0 Å². The Balaban J connectivity index is 0.00000242. The normalized spacial score (nSPS) is 17.0. The van der Waals surface area contributed by atoms with E-state index in [1.165, 1.54) is 0 Å². The molecule has 1 saturated heterocycles. The molecule has 1 aromatic carbocycles. The number of hydrogen-bond acceptors (Lipinski definition) is 4. The largest absolute Gasteiger partial charge is 1.00 e. The van der Waals surface area contributed by atoms with Gasteiger partial charge in [-0.3, -0.25) is 4.90 Å². The maximum absolute atomic E-state index is 10.2. The van der Waals surface area contributed by atoms with E-state index in [4.69, 9.17) is 4.74 Å². The standard InChI is InChI=1S/C17H28N2O2.2ClH/c1-4-18-8-10-19(11-9-18)12-16(20)13-21-17-14(2)6-5-7-15(17)3;;/h5-7,16,20H,4,8-13H2,1-3H3;2*1H/p-2. The van der Waals surface area contributed by atoms with E-state index < -0.39 is 6.10 Å². The second-order valence-electron chi connectivity index (χ2n) is 5.92. The van der Waals surface area contributed by atoms with Gasteiger partial charge < -0.3 is 39.6 Å². The molecule has 1 fully saturated rings. The van der Waals surface area contributed by atoms with Gasteiger partial charge in [0.15, 0.2) is 0 Å². The number of likely N-dealkylation sites (N-methyl/N-ethyl adjacent to an activating group) is 1. The highest BCUT2D eigenvalue weighted by molar-refractivity contribution is 5.39. The maximum Gasteiger partial charge on any atom is 0.125 e. The number of ether oxygens (including phenoxy) is 1. The minimum Gasteiger partial charge on any atom is -1.00 e. The van der Waals surface area contributed by atoms with E-state index in [0.29, 0.717) is 13.2 Å².